The van der Waals surface area contributed by atoms with Crippen molar-refractivity contribution < 1.29 is 13.9 Å². The van der Waals surface area contributed by atoms with Crippen LogP contribution in [0.2, 0.25) is 0 Å². The molecule has 0 aromatic carbocycles. The molecule has 3 heterocycles. The summed E-state index contributed by atoms with van der Waals surface area (Å²) in [5, 5.41) is 6.23. The highest BCUT2D eigenvalue weighted by Gasteiger charge is 2.17. The fourth-order valence-corrected chi connectivity index (χ4v) is 2.78. The number of carbonyl (C=O) groups is 1. The smallest absolute Gasteiger partial charge is 0.358 e. The molecule has 0 unspecified atom stereocenters. The van der Waals surface area contributed by atoms with Gasteiger partial charge in [0, 0.05) is 11.8 Å². The minimum Gasteiger partial charge on any atom is -0.464 e. The number of thiophene rings is 1. The second kappa shape index (κ2) is 5.76. The third-order valence-electron chi connectivity index (χ3n) is 3.26. The molecule has 0 aliphatic rings. The third-order valence-corrected chi connectivity index (χ3v) is 4.12. The number of methoxy groups -OCH3 is 1. The van der Waals surface area contributed by atoms with Gasteiger partial charge in [-0.15, -0.1) is 11.3 Å². The summed E-state index contributed by atoms with van der Waals surface area (Å²) in [6.45, 7) is 4.14. The minimum absolute atomic E-state index is 0.321. The van der Waals surface area contributed by atoms with Gasteiger partial charge in [0.1, 0.15) is 11.5 Å². The zero-order valence-electron chi connectivity index (χ0n) is 12.5. The zero-order chi connectivity index (χ0) is 15.7. The van der Waals surface area contributed by atoms with Crippen LogP contribution in [0.1, 0.15) is 27.5 Å². The average molecular weight is 317 g/mol. The number of aryl methyl sites for hydroxylation is 2. The van der Waals surface area contributed by atoms with E-state index in [-0.39, 0.29) is 0 Å². The van der Waals surface area contributed by atoms with E-state index in [1.807, 2.05) is 31.4 Å². The molecule has 6 nitrogen and oxygen atoms in total. The monoisotopic (exact) mass is 317 g/mol. The lowest BCUT2D eigenvalue weighted by molar-refractivity contribution is 0.0592. The molecule has 0 N–H and O–H groups in total. The van der Waals surface area contributed by atoms with Crippen LogP contribution in [-0.4, -0.2) is 27.8 Å². The highest BCUT2D eigenvalue weighted by Crippen LogP contribution is 2.26. The van der Waals surface area contributed by atoms with Gasteiger partial charge in [-0.2, -0.15) is 5.10 Å². The lowest BCUT2D eigenvalue weighted by Crippen LogP contribution is -2.07. The van der Waals surface area contributed by atoms with Crippen molar-refractivity contribution in [1.29, 1.82) is 0 Å². The Bertz CT molecular complexity index is 802. The summed E-state index contributed by atoms with van der Waals surface area (Å²) in [6.07, 6.45) is 1.80. The van der Waals surface area contributed by atoms with E-state index in [0.29, 0.717) is 18.1 Å². The normalized spacial score (nSPS) is 10.9. The summed E-state index contributed by atoms with van der Waals surface area (Å²) in [5.74, 6) is 0.920. The Labute approximate surface area is 131 Å². The summed E-state index contributed by atoms with van der Waals surface area (Å²) in [5.41, 5.74) is 1.89. The second-order valence-electron chi connectivity index (χ2n) is 4.85. The first kappa shape index (κ1) is 14.5. The molecule has 0 fully saturated rings. The molecule has 0 radical (unpaired) electrons. The lowest BCUT2D eigenvalue weighted by Gasteiger charge is -1.98. The van der Waals surface area contributed by atoms with Crippen molar-refractivity contribution in [3.05, 3.63) is 46.4 Å². The predicted octanol–water partition coefficient (Wildman–Crippen LogP) is 3.05. The molecular formula is C15H15N3O3S. The number of hydrogen-bond acceptors (Lipinski definition) is 6. The van der Waals surface area contributed by atoms with Crippen molar-refractivity contribution in [2.24, 2.45) is 0 Å². The van der Waals surface area contributed by atoms with Crippen molar-refractivity contribution >= 4 is 17.3 Å². The highest BCUT2D eigenvalue weighted by atomic mass is 32.1. The molecule has 0 amide bonds. The molecule has 7 heteroatoms. The van der Waals surface area contributed by atoms with E-state index in [1.165, 1.54) is 7.11 Å². The first-order valence-electron chi connectivity index (χ1n) is 6.71. The van der Waals surface area contributed by atoms with Gasteiger partial charge < -0.3 is 9.15 Å². The Morgan fingerprint density at radius 3 is 2.95 bits per heavy atom. The van der Waals surface area contributed by atoms with Gasteiger partial charge in [0.15, 0.2) is 5.69 Å². The minimum atomic E-state index is -0.438. The summed E-state index contributed by atoms with van der Waals surface area (Å²) in [6, 6.07) is 3.92. The maximum absolute atomic E-state index is 11.6. The molecular weight excluding hydrogens is 302 g/mol. The first-order valence-corrected chi connectivity index (χ1v) is 7.59. The van der Waals surface area contributed by atoms with E-state index in [1.54, 1.807) is 22.2 Å². The van der Waals surface area contributed by atoms with Crippen molar-refractivity contribution in [3.8, 4) is 10.8 Å². The molecule has 0 aliphatic carbocycles. The molecule has 3 aromatic rings. The largest absolute Gasteiger partial charge is 0.464 e. The van der Waals surface area contributed by atoms with Crippen molar-refractivity contribution in [3.63, 3.8) is 0 Å². The van der Waals surface area contributed by atoms with Crippen LogP contribution in [0.5, 0.6) is 0 Å². The van der Waals surface area contributed by atoms with Crippen molar-refractivity contribution in [2.45, 2.75) is 20.4 Å². The van der Waals surface area contributed by atoms with Gasteiger partial charge in [0.25, 0.3) is 0 Å². The lowest BCUT2D eigenvalue weighted by atomic mass is 10.3. The van der Waals surface area contributed by atoms with Crippen LogP contribution >= 0.6 is 11.3 Å². The van der Waals surface area contributed by atoms with Gasteiger partial charge in [-0.25, -0.2) is 9.78 Å². The standard InChI is InChI=1S/C15H15N3O3S/c1-9-7-18(17-13(9)15(19)20-3)8-11-10(2)21-14(16-11)12-5-4-6-22-12/h4-7H,8H2,1-3H3. The summed E-state index contributed by atoms with van der Waals surface area (Å²) < 4.78 is 12.1. The molecule has 0 spiro atoms. The molecule has 0 saturated heterocycles. The van der Waals surface area contributed by atoms with Gasteiger partial charge >= 0.3 is 5.97 Å². The molecule has 0 atom stereocenters. The van der Waals surface area contributed by atoms with Crippen molar-refractivity contribution in [2.75, 3.05) is 7.11 Å². The topological polar surface area (TPSA) is 70.2 Å². The number of carbonyl (C=O) groups excluding carboxylic acids is 1. The van der Waals surface area contributed by atoms with Crippen LogP contribution in [0.25, 0.3) is 10.8 Å². The maximum Gasteiger partial charge on any atom is 0.358 e. The molecule has 0 aliphatic heterocycles. The fourth-order valence-electron chi connectivity index (χ4n) is 2.13. The van der Waals surface area contributed by atoms with E-state index in [0.717, 1.165) is 21.9 Å². The number of rotatable bonds is 4. The third kappa shape index (κ3) is 2.67. The molecule has 0 bridgehead atoms. The van der Waals surface area contributed by atoms with Crippen molar-refractivity contribution in [1.82, 2.24) is 14.8 Å². The first-order chi connectivity index (χ1) is 10.6. The maximum atomic E-state index is 11.6. The number of hydrogen-bond donors (Lipinski definition) is 0. The van der Waals surface area contributed by atoms with Crippen LogP contribution in [0.4, 0.5) is 0 Å². The SMILES string of the molecule is COC(=O)c1nn(Cc2nc(-c3cccs3)oc2C)cc1C. The van der Waals surface area contributed by atoms with E-state index in [4.69, 9.17) is 9.15 Å². The molecule has 3 aromatic heterocycles. The van der Waals surface area contributed by atoms with Crippen LogP contribution in [0.3, 0.4) is 0 Å². The Hall–Kier alpha value is -2.41. The van der Waals surface area contributed by atoms with Gasteiger partial charge in [-0.05, 0) is 25.3 Å². The van der Waals surface area contributed by atoms with Crippen LogP contribution in [-0.2, 0) is 11.3 Å². The molecule has 0 saturated carbocycles. The Balaban J connectivity index is 1.86. The van der Waals surface area contributed by atoms with Gasteiger partial charge in [-0.3, -0.25) is 4.68 Å². The van der Waals surface area contributed by atoms with E-state index < -0.39 is 5.97 Å². The van der Waals surface area contributed by atoms with E-state index >= 15 is 0 Å². The second-order valence-corrected chi connectivity index (χ2v) is 5.80. The number of oxazole rings is 1. The number of ether oxygens (including phenoxy) is 1. The quantitative estimate of drug-likeness (QED) is 0.692. The van der Waals surface area contributed by atoms with Crippen LogP contribution in [0, 0.1) is 13.8 Å². The molecule has 22 heavy (non-hydrogen) atoms. The summed E-state index contributed by atoms with van der Waals surface area (Å²) >= 11 is 1.58. The zero-order valence-corrected chi connectivity index (χ0v) is 13.3. The molecule has 114 valence electrons. The Morgan fingerprint density at radius 1 is 1.45 bits per heavy atom. The highest BCUT2D eigenvalue weighted by molar-refractivity contribution is 7.13. The molecule has 3 rings (SSSR count). The van der Waals surface area contributed by atoms with Gasteiger partial charge in [0.2, 0.25) is 5.89 Å². The van der Waals surface area contributed by atoms with Gasteiger partial charge in [-0.1, -0.05) is 6.07 Å². The Kier molecular flexibility index (Phi) is 3.81. The Morgan fingerprint density at radius 2 is 2.27 bits per heavy atom. The van der Waals surface area contributed by atoms with Gasteiger partial charge in [0.05, 0.1) is 18.5 Å². The summed E-state index contributed by atoms with van der Waals surface area (Å²) in [4.78, 5) is 17.1. The van der Waals surface area contributed by atoms with E-state index in [9.17, 15) is 4.79 Å². The predicted molar refractivity (Wildman–Crippen MR) is 82.0 cm³/mol. The average Bonchev–Trinajstić information content (AvgIpc) is 3.20. The summed E-state index contributed by atoms with van der Waals surface area (Å²) in [7, 11) is 1.34. The number of aromatic nitrogens is 3. The fraction of sp³-hybridized carbons (Fsp3) is 0.267. The van der Waals surface area contributed by atoms with Crippen LogP contribution < -0.4 is 0 Å². The van der Waals surface area contributed by atoms with E-state index in [2.05, 4.69) is 10.1 Å². The number of esters is 1. The van der Waals surface area contributed by atoms with Crippen LogP contribution in [0.15, 0.2) is 28.1 Å². The number of nitrogens with zero attached hydrogens (tertiary/aromatic N) is 3.